The predicted molar refractivity (Wildman–Crippen MR) is 122 cm³/mol. The van der Waals surface area contributed by atoms with E-state index in [-0.39, 0.29) is 12.8 Å². The van der Waals surface area contributed by atoms with Crippen LogP contribution < -0.4 is 0 Å². The fourth-order valence-electron chi connectivity index (χ4n) is 6.15. The molecule has 2 heterocycles. The van der Waals surface area contributed by atoms with Gasteiger partial charge in [0.15, 0.2) is 11.1 Å². The lowest BCUT2D eigenvalue weighted by molar-refractivity contribution is -0.183. The molecule has 0 N–H and O–H groups in total. The van der Waals surface area contributed by atoms with Gasteiger partial charge < -0.3 is 33.2 Å². The third-order valence-corrected chi connectivity index (χ3v) is 7.48. The smallest absolute Gasteiger partial charge is 0.336 e. The minimum atomic E-state index is -2.71. The largest absolute Gasteiger partial charge is 0.469 e. The third-order valence-electron chi connectivity index (χ3n) is 7.48. The molecule has 0 aromatic rings. The summed E-state index contributed by atoms with van der Waals surface area (Å²) in [5, 5.41) is 0. The van der Waals surface area contributed by atoms with Crippen molar-refractivity contribution >= 4 is 41.8 Å². The van der Waals surface area contributed by atoms with Crippen LogP contribution in [0, 0.1) is 17.8 Å². The van der Waals surface area contributed by atoms with E-state index in [1.807, 2.05) is 0 Å². The fraction of sp³-hybridized carbons (Fsp3) is 0.625. The van der Waals surface area contributed by atoms with E-state index in [0.717, 1.165) is 54.7 Å². The zero-order valence-electron chi connectivity index (χ0n) is 22.4. The first-order valence-corrected chi connectivity index (χ1v) is 11.6. The molecule has 1 saturated carbocycles. The topological polar surface area (TPSA) is 187 Å². The number of carbonyl (C=O) groups is 7. The molecule has 0 aromatic carbocycles. The monoisotopic (exact) mass is 555 g/mol. The molecule has 5 atom stereocenters. The fourth-order valence-corrected chi connectivity index (χ4v) is 6.15. The van der Waals surface area contributed by atoms with Gasteiger partial charge in [0.1, 0.15) is 17.8 Å². The molecule has 0 amide bonds. The molecule has 1 saturated heterocycles. The summed E-state index contributed by atoms with van der Waals surface area (Å²) in [4.78, 5) is 96.7. The van der Waals surface area contributed by atoms with Gasteiger partial charge in [-0.25, -0.2) is 19.2 Å². The summed E-state index contributed by atoms with van der Waals surface area (Å²) in [6.45, 7) is 0. The summed E-state index contributed by atoms with van der Waals surface area (Å²) in [6, 6.07) is -0.795. The van der Waals surface area contributed by atoms with Crippen molar-refractivity contribution in [1.29, 1.82) is 0 Å². The second-order valence-electron chi connectivity index (χ2n) is 8.91. The standard InChI is InChI=1S/C24H29NO14/c1-33-16(26)11-12(17(27)34-2)23(21(31)38-6)14(19(29)36-4)15(20(30)37-5)24(22(32)39-7,13(11)18(28)35-3)25(23)10-8-9-10/h10,12,14-15H,8-9H2,1-7H3/t12-,14-,15-,23-,24+/m1/s1. The Morgan fingerprint density at radius 1 is 0.615 bits per heavy atom. The number of ether oxygens (including phenoxy) is 7. The van der Waals surface area contributed by atoms with E-state index in [2.05, 4.69) is 0 Å². The van der Waals surface area contributed by atoms with Crippen molar-refractivity contribution in [3.8, 4) is 0 Å². The average molecular weight is 555 g/mol. The molecule has 15 nitrogen and oxygen atoms in total. The van der Waals surface area contributed by atoms with Crippen LogP contribution in [-0.4, -0.2) is 114 Å². The summed E-state index contributed by atoms with van der Waals surface area (Å²) in [5.74, 6) is -15.4. The van der Waals surface area contributed by atoms with Gasteiger partial charge in [-0.3, -0.25) is 19.3 Å². The molecule has 39 heavy (non-hydrogen) atoms. The molecule has 0 unspecified atom stereocenters. The summed E-state index contributed by atoms with van der Waals surface area (Å²) >= 11 is 0. The quantitative estimate of drug-likeness (QED) is 0.244. The van der Waals surface area contributed by atoms with E-state index in [9.17, 15) is 33.6 Å². The third kappa shape index (κ3) is 3.70. The normalized spacial score (nSPS) is 29.6. The van der Waals surface area contributed by atoms with Crippen LogP contribution in [0.5, 0.6) is 0 Å². The van der Waals surface area contributed by atoms with Gasteiger partial charge in [-0.1, -0.05) is 0 Å². The van der Waals surface area contributed by atoms with E-state index >= 15 is 0 Å². The molecule has 1 aliphatic carbocycles. The van der Waals surface area contributed by atoms with Crippen LogP contribution in [0.1, 0.15) is 12.8 Å². The highest BCUT2D eigenvalue weighted by molar-refractivity contribution is 6.17. The number of nitrogens with zero attached hydrogens (tertiary/aromatic N) is 1. The van der Waals surface area contributed by atoms with Gasteiger partial charge in [-0.15, -0.1) is 0 Å². The Morgan fingerprint density at radius 2 is 1.10 bits per heavy atom. The van der Waals surface area contributed by atoms with Gasteiger partial charge in [0, 0.05) is 6.04 Å². The van der Waals surface area contributed by atoms with Gasteiger partial charge >= 0.3 is 41.8 Å². The van der Waals surface area contributed by atoms with Crippen molar-refractivity contribution in [2.45, 2.75) is 30.0 Å². The van der Waals surface area contributed by atoms with E-state index in [1.165, 1.54) is 0 Å². The van der Waals surface area contributed by atoms with Crippen molar-refractivity contribution in [3.05, 3.63) is 11.1 Å². The van der Waals surface area contributed by atoms with E-state index in [1.54, 1.807) is 0 Å². The molecule has 15 heteroatoms. The van der Waals surface area contributed by atoms with Crippen LogP contribution in [0.4, 0.5) is 0 Å². The van der Waals surface area contributed by atoms with Crippen molar-refractivity contribution in [2.24, 2.45) is 17.8 Å². The van der Waals surface area contributed by atoms with Gasteiger partial charge in [0.05, 0.1) is 60.9 Å². The van der Waals surface area contributed by atoms with Crippen LogP contribution in [0.2, 0.25) is 0 Å². The summed E-state index contributed by atoms with van der Waals surface area (Å²) in [6.07, 6.45) is 0.574. The Bertz CT molecular complexity index is 1160. The molecule has 3 rings (SSSR count). The Morgan fingerprint density at radius 3 is 1.51 bits per heavy atom. The number of carbonyl (C=O) groups excluding carboxylic acids is 7. The molecule has 3 aliphatic rings. The SMILES string of the molecule is COC(=O)C1=C(C(=O)OC)[C@@]2(C(=O)OC)[C@@H](C(=O)OC)[C@H](C(=O)OC)[C@@](C(=O)OC)([C@H]1C(=O)OC)N2C1CC1. The average Bonchev–Trinajstić information content (AvgIpc) is 3.77. The molecule has 2 fully saturated rings. The Kier molecular flexibility index (Phi) is 8.05. The first-order valence-electron chi connectivity index (χ1n) is 11.6. The highest BCUT2D eigenvalue weighted by Gasteiger charge is 2.87. The second kappa shape index (κ2) is 10.6. The summed E-state index contributed by atoms with van der Waals surface area (Å²) in [5.41, 5.74) is -7.07. The highest BCUT2D eigenvalue weighted by Crippen LogP contribution is 2.65. The number of hydrogen-bond acceptors (Lipinski definition) is 15. The number of hydrogen-bond donors (Lipinski definition) is 0. The van der Waals surface area contributed by atoms with E-state index in [4.69, 9.17) is 33.2 Å². The predicted octanol–water partition coefficient (Wildman–Crippen LogP) is -1.69. The molecular formula is C24H29NO14. The Hall–Kier alpha value is -4.01. The van der Waals surface area contributed by atoms with Crippen molar-refractivity contribution in [1.82, 2.24) is 4.90 Å². The molecule has 0 spiro atoms. The number of esters is 7. The summed E-state index contributed by atoms with van der Waals surface area (Å²) < 4.78 is 34.8. The minimum absolute atomic E-state index is 0.287. The highest BCUT2D eigenvalue weighted by atomic mass is 16.6. The van der Waals surface area contributed by atoms with Crippen molar-refractivity contribution in [3.63, 3.8) is 0 Å². The van der Waals surface area contributed by atoms with Gasteiger partial charge in [0.25, 0.3) is 0 Å². The zero-order valence-corrected chi connectivity index (χ0v) is 22.4. The van der Waals surface area contributed by atoms with Gasteiger partial charge in [-0.2, -0.15) is 0 Å². The first kappa shape index (κ1) is 29.5. The minimum Gasteiger partial charge on any atom is -0.469 e. The van der Waals surface area contributed by atoms with E-state index in [0.29, 0.717) is 0 Å². The Balaban J connectivity index is 2.81. The molecule has 2 aliphatic heterocycles. The second-order valence-corrected chi connectivity index (χ2v) is 8.91. The molecule has 214 valence electrons. The first-order chi connectivity index (χ1) is 18.5. The van der Waals surface area contributed by atoms with Crippen LogP contribution in [0.3, 0.4) is 0 Å². The van der Waals surface area contributed by atoms with Crippen LogP contribution in [-0.2, 0) is 66.7 Å². The molecule has 0 radical (unpaired) electrons. The van der Waals surface area contributed by atoms with Crippen LogP contribution >= 0.6 is 0 Å². The maximum absolute atomic E-state index is 14.0. The van der Waals surface area contributed by atoms with Crippen molar-refractivity contribution in [2.75, 3.05) is 49.8 Å². The number of rotatable bonds is 8. The van der Waals surface area contributed by atoms with Crippen LogP contribution in [0.15, 0.2) is 11.1 Å². The van der Waals surface area contributed by atoms with Gasteiger partial charge in [0.2, 0.25) is 0 Å². The molecule has 2 bridgehead atoms. The Labute approximate surface area is 222 Å². The molecular weight excluding hydrogens is 526 g/mol. The molecule has 0 aromatic heterocycles. The van der Waals surface area contributed by atoms with Crippen LogP contribution in [0.25, 0.3) is 0 Å². The summed E-state index contributed by atoms with van der Waals surface area (Å²) in [7, 11) is 6.53. The zero-order chi connectivity index (χ0) is 29.4. The van der Waals surface area contributed by atoms with Crippen molar-refractivity contribution < 1.29 is 66.7 Å². The lowest BCUT2D eigenvalue weighted by Gasteiger charge is -2.51. The lowest BCUT2D eigenvalue weighted by atomic mass is 9.68. The van der Waals surface area contributed by atoms with E-state index < -0.39 is 87.8 Å². The number of fused-ring (bicyclic) bond motifs is 2. The maximum Gasteiger partial charge on any atom is 0.336 e. The maximum atomic E-state index is 14.0. The van der Waals surface area contributed by atoms with Gasteiger partial charge in [-0.05, 0) is 12.8 Å². The lowest BCUT2D eigenvalue weighted by Crippen LogP contribution is -2.73. The number of methoxy groups -OCH3 is 7.